The molecular weight excluding hydrogens is 363 g/mol. The number of halogens is 3. The molecule has 2 N–H and O–H groups in total. The van der Waals surface area contributed by atoms with Crippen LogP contribution in [-0.2, 0) is 15.1 Å². The lowest BCUT2D eigenvalue weighted by atomic mass is 9.82. The van der Waals surface area contributed by atoms with Crippen LogP contribution in [0.4, 0.5) is 13.2 Å². The molecule has 1 atom stereocenters. The molecule has 1 aliphatic heterocycles. The summed E-state index contributed by atoms with van der Waals surface area (Å²) in [5.74, 6) is -3.51. The molecule has 1 aliphatic rings. The summed E-state index contributed by atoms with van der Waals surface area (Å²) in [5, 5.41) is 0. The van der Waals surface area contributed by atoms with Gasteiger partial charge in [-0.3, -0.25) is 9.69 Å². The van der Waals surface area contributed by atoms with Crippen LogP contribution in [0.2, 0.25) is 0 Å². The van der Waals surface area contributed by atoms with Gasteiger partial charge in [0.05, 0.1) is 0 Å². The van der Waals surface area contributed by atoms with Gasteiger partial charge in [-0.05, 0) is 11.6 Å². The predicted molar refractivity (Wildman–Crippen MR) is 89.7 cm³/mol. The van der Waals surface area contributed by atoms with Crippen molar-refractivity contribution in [1.29, 1.82) is 0 Å². The van der Waals surface area contributed by atoms with Crippen LogP contribution >= 0.6 is 0 Å². The Hall–Kier alpha value is -3.36. The number of likely N-dealkylation sites (N-methyl/N-ethyl adjacent to an activating group) is 1. The van der Waals surface area contributed by atoms with Crippen molar-refractivity contribution in [3.8, 4) is 5.75 Å². The second-order valence-corrected chi connectivity index (χ2v) is 5.79. The second kappa shape index (κ2) is 6.42. The Morgan fingerprint density at radius 3 is 2.26 bits per heavy atom. The Labute approximate surface area is 152 Å². The number of aliphatic imine (C=N–C) groups is 1. The molecule has 6 nitrogen and oxygen atoms in total. The number of ether oxygens (including phenoxy) is 1. The van der Waals surface area contributed by atoms with Gasteiger partial charge in [-0.15, -0.1) is 0 Å². The number of nitrogens with zero attached hydrogens (tertiary/aromatic N) is 2. The monoisotopic (exact) mass is 377 g/mol. The Morgan fingerprint density at radius 1 is 1.11 bits per heavy atom. The molecule has 0 saturated heterocycles. The molecule has 1 unspecified atom stereocenters. The highest BCUT2D eigenvalue weighted by Crippen LogP contribution is 2.43. The first kappa shape index (κ1) is 18.4. The highest BCUT2D eigenvalue weighted by Gasteiger charge is 2.51. The van der Waals surface area contributed by atoms with Crippen LogP contribution in [0.3, 0.4) is 0 Å². The molecule has 0 fully saturated rings. The highest BCUT2D eigenvalue weighted by molar-refractivity contribution is 6.09. The van der Waals surface area contributed by atoms with E-state index in [-0.39, 0.29) is 11.5 Å². The number of hydrogen-bond acceptors (Lipinski definition) is 5. The van der Waals surface area contributed by atoms with Crippen molar-refractivity contribution >= 4 is 17.8 Å². The van der Waals surface area contributed by atoms with E-state index in [1.165, 1.54) is 31.3 Å². The van der Waals surface area contributed by atoms with Gasteiger partial charge in [0.25, 0.3) is 5.91 Å². The molecular formula is C18H14F3N3O3. The van der Waals surface area contributed by atoms with Gasteiger partial charge in [0.1, 0.15) is 5.75 Å². The Bertz CT molecular complexity index is 928. The van der Waals surface area contributed by atoms with E-state index in [1.807, 2.05) is 0 Å². The van der Waals surface area contributed by atoms with Gasteiger partial charge in [0, 0.05) is 12.6 Å². The maximum absolute atomic E-state index is 13.0. The molecule has 0 spiro atoms. The van der Waals surface area contributed by atoms with Crippen LogP contribution in [-0.4, -0.2) is 36.0 Å². The van der Waals surface area contributed by atoms with Gasteiger partial charge in [-0.25, -0.2) is 9.79 Å². The first-order valence-electron chi connectivity index (χ1n) is 7.75. The van der Waals surface area contributed by atoms with E-state index in [1.54, 1.807) is 30.3 Å². The minimum atomic E-state index is -5.19. The number of carbonyl (C=O) groups is 2. The number of benzene rings is 2. The van der Waals surface area contributed by atoms with E-state index in [4.69, 9.17) is 5.73 Å². The maximum Gasteiger partial charge on any atom is 0.491 e. The largest absolute Gasteiger partial charge is 0.491 e. The molecule has 0 aliphatic carbocycles. The first-order valence-corrected chi connectivity index (χ1v) is 7.75. The number of guanidine groups is 1. The van der Waals surface area contributed by atoms with Gasteiger partial charge >= 0.3 is 12.1 Å². The van der Waals surface area contributed by atoms with E-state index in [0.29, 0.717) is 5.56 Å². The van der Waals surface area contributed by atoms with Crippen molar-refractivity contribution in [3.63, 3.8) is 0 Å². The van der Waals surface area contributed by atoms with Crippen LogP contribution in [0.15, 0.2) is 59.6 Å². The standard InChI is InChI=1S/C18H14F3N3O3/c1-24-14(25)17(23-16(24)22,11-7-3-2-4-8-11)12-9-5-6-10-13(12)27-15(26)18(19,20)21/h2-10H,1H3,(H2,22,23). The summed E-state index contributed by atoms with van der Waals surface area (Å²) in [6, 6.07) is 13.6. The molecule has 1 amide bonds. The normalized spacial score (nSPS) is 19.8. The molecule has 3 rings (SSSR count). The van der Waals surface area contributed by atoms with Gasteiger partial charge in [0.2, 0.25) is 0 Å². The van der Waals surface area contributed by atoms with Gasteiger partial charge in [-0.1, -0.05) is 48.5 Å². The Morgan fingerprint density at radius 2 is 1.70 bits per heavy atom. The van der Waals surface area contributed by atoms with Gasteiger partial charge < -0.3 is 10.5 Å². The Kier molecular flexibility index (Phi) is 4.38. The summed E-state index contributed by atoms with van der Waals surface area (Å²) in [6.07, 6.45) is -5.19. The molecule has 2 aromatic rings. The SMILES string of the molecule is CN1C(=O)C(c2ccccc2)(c2ccccc2OC(=O)C(F)(F)F)N=C1N. The van der Waals surface area contributed by atoms with Crippen LogP contribution < -0.4 is 10.5 Å². The average Bonchev–Trinajstić information content (AvgIpc) is 2.87. The number of hydrogen-bond donors (Lipinski definition) is 1. The van der Waals surface area contributed by atoms with Crippen LogP contribution in [0.1, 0.15) is 11.1 Å². The third kappa shape index (κ3) is 3.01. The number of amides is 1. The summed E-state index contributed by atoms with van der Waals surface area (Å²) in [7, 11) is 1.40. The minimum absolute atomic E-state index is 0.0221. The lowest BCUT2D eigenvalue weighted by Crippen LogP contribution is -2.41. The topological polar surface area (TPSA) is 85.0 Å². The quantitative estimate of drug-likeness (QED) is 0.656. The second-order valence-electron chi connectivity index (χ2n) is 5.79. The summed E-state index contributed by atoms with van der Waals surface area (Å²) >= 11 is 0. The van der Waals surface area contributed by atoms with Crippen molar-refractivity contribution in [3.05, 3.63) is 65.7 Å². The van der Waals surface area contributed by atoms with Crippen LogP contribution in [0.25, 0.3) is 0 Å². The van der Waals surface area contributed by atoms with E-state index >= 15 is 0 Å². The fraction of sp³-hybridized carbons (Fsp3) is 0.167. The number of esters is 1. The summed E-state index contributed by atoms with van der Waals surface area (Å²) in [6.45, 7) is 0. The minimum Gasteiger partial charge on any atom is -0.419 e. The molecule has 140 valence electrons. The van der Waals surface area contributed by atoms with Crippen molar-refractivity contribution in [2.45, 2.75) is 11.7 Å². The van der Waals surface area contributed by atoms with Crippen LogP contribution in [0.5, 0.6) is 5.75 Å². The fourth-order valence-corrected chi connectivity index (χ4v) is 2.85. The molecule has 0 saturated carbocycles. The van der Waals surface area contributed by atoms with Crippen molar-refractivity contribution < 1.29 is 27.5 Å². The zero-order chi connectivity index (χ0) is 19.8. The lowest BCUT2D eigenvalue weighted by molar-refractivity contribution is -0.189. The summed E-state index contributed by atoms with van der Waals surface area (Å²) in [5.41, 5.74) is 4.40. The fourth-order valence-electron chi connectivity index (χ4n) is 2.85. The lowest BCUT2D eigenvalue weighted by Gasteiger charge is -2.27. The Balaban J connectivity index is 2.22. The van der Waals surface area contributed by atoms with Crippen molar-refractivity contribution in [2.24, 2.45) is 10.7 Å². The van der Waals surface area contributed by atoms with E-state index in [9.17, 15) is 22.8 Å². The number of para-hydroxylation sites is 1. The van der Waals surface area contributed by atoms with E-state index in [0.717, 1.165) is 4.90 Å². The van der Waals surface area contributed by atoms with Crippen LogP contribution in [0, 0.1) is 0 Å². The number of nitrogens with two attached hydrogens (primary N) is 1. The number of rotatable bonds is 3. The molecule has 0 aromatic heterocycles. The molecule has 27 heavy (non-hydrogen) atoms. The maximum atomic E-state index is 13.0. The van der Waals surface area contributed by atoms with E-state index in [2.05, 4.69) is 9.73 Å². The number of carbonyl (C=O) groups excluding carboxylic acids is 2. The predicted octanol–water partition coefficient (Wildman–Crippen LogP) is 2.18. The zero-order valence-corrected chi connectivity index (χ0v) is 14.0. The molecule has 2 aromatic carbocycles. The van der Waals surface area contributed by atoms with Crippen molar-refractivity contribution in [1.82, 2.24) is 4.90 Å². The molecule has 9 heteroatoms. The molecule has 1 heterocycles. The third-order valence-corrected chi connectivity index (χ3v) is 4.14. The van der Waals surface area contributed by atoms with Gasteiger partial charge in [-0.2, -0.15) is 13.2 Å². The smallest absolute Gasteiger partial charge is 0.419 e. The summed E-state index contributed by atoms with van der Waals surface area (Å²) < 4.78 is 42.5. The average molecular weight is 377 g/mol. The first-order chi connectivity index (χ1) is 12.7. The molecule has 0 radical (unpaired) electrons. The van der Waals surface area contributed by atoms with E-state index < -0.39 is 29.3 Å². The zero-order valence-electron chi connectivity index (χ0n) is 14.0. The van der Waals surface area contributed by atoms with Gasteiger partial charge in [0.15, 0.2) is 11.5 Å². The third-order valence-electron chi connectivity index (χ3n) is 4.14. The highest BCUT2D eigenvalue weighted by atomic mass is 19.4. The molecule has 0 bridgehead atoms. The summed E-state index contributed by atoms with van der Waals surface area (Å²) in [4.78, 5) is 29.7. The van der Waals surface area contributed by atoms with Crippen molar-refractivity contribution in [2.75, 3.05) is 7.05 Å². The number of alkyl halides is 3.